The van der Waals surface area contributed by atoms with E-state index < -0.39 is 20.3 Å². The maximum atomic E-state index is 12.7. The molecule has 2 aromatic carbocycles. The van der Waals surface area contributed by atoms with Gasteiger partial charge in [-0.05, 0) is 31.2 Å². The Hall–Kier alpha value is -3.11. The number of ether oxygens (including phenoxy) is 1. The zero-order valence-electron chi connectivity index (χ0n) is 16.2. The largest absolute Gasteiger partial charge is 0.495 e. The Morgan fingerprint density at radius 2 is 1.87 bits per heavy atom. The molecule has 0 fully saturated rings. The topological polar surface area (TPSA) is 118 Å². The van der Waals surface area contributed by atoms with Crippen LogP contribution in [-0.2, 0) is 14.6 Å². The van der Waals surface area contributed by atoms with Gasteiger partial charge in [0.2, 0.25) is 15.7 Å². The number of aromatic nitrogens is 2. The van der Waals surface area contributed by atoms with Crippen LogP contribution in [-0.4, -0.2) is 37.2 Å². The Bertz CT molecular complexity index is 1220. The number of amides is 1. The molecule has 1 aromatic heterocycles. The molecular formula is C20H19N3O5S2. The summed E-state index contributed by atoms with van der Waals surface area (Å²) in [5, 5.41) is 2.84. The number of carbonyl (C=O) groups is 1. The van der Waals surface area contributed by atoms with Crippen molar-refractivity contribution < 1.29 is 17.9 Å². The molecule has 0 aliphatic carbocycles. The summed E-state index contributed by atoms with van der Waals surface area (Å²) in [6, 6.07) is 13.1. The number of benzene rings is 2. The maximum Gasteiger partial charge on any atom is 0.270 e. The van der Waals surface area contributed by atoms with Crippen LogP contribution in [0.4, 0.5) is 5.69 Å². The first-order chi connectivity index (χ1) is 14.3. The quantitative estimate of drug-likeness (QED) is 0.424. The summed E-state index contributed by atoms with van der Waals surface area (Å²) in [7, 11) is -2.49. The molecule has 0 aliphatic heterocycles. The smallest absolute Gasteiger partial charge is 0.270 e. The van der Waals surface area contributed by atoms with Gasteiger partial charge in [-0.25, -0.2) is 13.4 Å². The second-order valence-corrected chi connectivity index (χ2v) is 9.12. The molecule has 0 radical (unpaired) electrons. The number of aromatic amines is 1. The predicted molar refractivity (Wildman–Crippen MR) is 114 cm³/mol. The number of nitrogens with zero attached hydrogens (tertiary/aromatic N) is 1. The zero-order chi connectivity index (χ0) is 21.7. The molecule has 0 spiro atoms. The van der Waals surface area contributed by atoms with Gasteiger partial charge in [-0.2, -0.15) is 0 Å². The summed E-state index contributed by atoms with van der Waals surface area (Å²) < 4.78 is 30.5. The molecular weight excluding hydrogens is 426 g/mol. The Balaban J connectivity index is 1.70. The highest BCUT2D eigenvalue weighted by Gasteiger charge is 2.22. The van der Waals surface area contributed by atoms with Crippen molar-refractivity contribution in [3.63, 3.8) is 0 Å². The Morgan fingerprint density at radius 3 is 2.53 bits per heavy atom. The number of hydrogen-bond donors (Lipinski definition) is 2. The third-order valence-electron chi connectivity index (χ3n) is 4.09. The lowest BCUT2D eigenvalue weighted by atomic mass is 10.2. The standard InChI is InChI=1S/C20H19N3O5S2/c1-13-7-9-14(10-8-13)30(26,27)17-11-21-20(23-19(17)25)29-12-18(24)22-15-5-3-4-6-16(15)28-2/h3-11H,12H2,1-2H3,(H,22,24)(H,21,23,25). The number of aryl methyl sites for hydroxylation is 1. The van der Waals surface area contributed by atoms with Crippen LogP contribution in [0.25, 0.3) is 0 Å². The normalized spacial score (nSPS) is 11.1. The molecule has 1 heterocycles. The summed E-state index contributed by atoms with van der Waals surface area (Å²) >= 11 is 0.978. The van der Waals surface area contributed by atoms with Crippen LogP contribution in [0.1, 0.15) is 5.56 Å². The number of H-pyrrole nitrogens is 1. The molecule has 30 heavy (non-hydrogen) atoms. The molecule has 3 rings (SSSR count). The van der Waals surface area contributed by atoms with E-state index in [9.17, 15) is 18.0 Å². The van der Waals surface area contributed by atoms with Gasteiger partial charge in [0, 0.05) is 0 Å². The lowest BCUT2D eigenvalue weighted by Crippen LogP contribution is -2.20. The predicted octanol–water partition coefficient (Wildman–Crippen LogP) is 2.65. The van der Waals surface area contributed by atoms with E-state index in [1.807, 2.05) is 6.92 Å². The van der Waals surface area contributed by atoms with E-state index in [1.54, 1.807) is 36.4 Å². The van der Waals surface area contributed by atoms with Crippen LogP contribution >= 0.6 is 11.8 Å². The minimum atomic E-state index is -3.99. The SMILES string of the molecule is COc1ccccc1NC(=O)CSc1ncc(S(=O)(=O)c2ccc(C)cc2)c(=O)[nH]1. The highest BCUT2D eigenvalue weighted by Crippen LogP contribution is 2.24. The molecule has 0 bridgehead atoms. The van der Waals surface area contributed by atoms with Crippen LogP contribution in [0.15, 0.2) is 74.5 Å². The van der Waals surface area contributed by atoms with E-state index in [4.69, 9.17) is 4.74 Å². The second kappa shape index (κ2) is 9.14. The van der Waals surface area contributed by atoms with Gasteiger partial charge in [-0.1, -0.05) is 41.6 Å². The van der Waals surface area contributed by atoms with E-state index in [0.29, 0.717) is 11.4 Å². The van der Waals surface area contributed by atoms with E-state index >= 15 is 0 Å². The Morgan fingerprint density at radius 1 is 1.17 bits per heavy atom. The number of nitrogens with one attached hydrogen (secondary N) is 2. The number of rotatable bonds is 7. The van der Waals surface area contributed by atoms with Gasteiger partial charge >= 0.3 is 0 Å². The van der Waals surface area contributed by atoms with Crippen LogP contribution < -0.4 is 15.6 Å². The highest BCUT2D eigenvalue weighted by atomic mass is 32.2. The summed E-state index contributed by atoms with van der Waals surface area (Å²) in [6.45, 7) is 1.83. The van der Waals surface area contributed by atoms with Crippen molar-refractivity contribution in [1.29, 1.82) is 0 Å². The highest BCUT2D eigenvalue weighted by molar-refractivity contribution is 7.99. The number of para-hydroxylation sites is 2. The first-order valence-electron chi connectivity index (χ1n) is 8.78. The third-order valence-corrected chi connectivity index (χ3v) is 6.74. The minimum absolute atomic E-state index is 0.0111. The van der Waals surface area contributed by atoms with Crippen molar-refractivity contribution in [3.05, 3.63) is 70.6 Å². The zero-order valence-corrected chi connectivity index (χ0v) is 17.8. The monoisotopic (exact) mass is 445 g/mol. The fraction of sp³-hybridized carbons (Fsp3) is 0.150. The van der Waals surface area contributed by atoms with Gasteiger partial charge in [0.25, 0.3) is 5.56 Å². The Kier molecular flexibility index (Phi) is 6.58. The van der Waals surface area contributed by atoms with Gasteiger partial charge in [0.15, 0.2) is 10.1 Å². The molecule has 1 amide bonds. The van der Waals surface area contributed by atoms with Gasteiger partial charge in [-0.15, -0.1) is 0 Å². The minimum Gasteiger partial charge on any atom is -0.495 e. The Labute approximate surface area is 177 Å². The molecule has 2 N–H and O–H groups in total. The molecule has 0 unspecified atom stereocenters. The molecule has 8 nitrogen and oxygen atoms in total. The number of thioether (sulfide) groups is 1. The molecule has 0 aliphatic rings. The van der Waals surface area contributed by atoms with Crippen molar-refractivity contribution in [2.45, 2.75) is 21.9 Å². The number of sulfone groups is 1. The van der Waals surface area contributed by atoms with Gasteiger partial charge in [-0.3, -0.25) is 9.59 Å². The maximum absolute atomic E-state index is 12.7. The summed E-state index contributed by atoms with van der Waals surface area (Å²) in [4.78, 5) is 30.5. The number of methoxy groups -OCH3 is 1. The number of hydrogen-bond acceptors (Lipinski definition) is 7. The van der Waals surface area contributed by atoms with E-state index in [0.717, 1.165) is 23.5 Å². The van der Waals surface area contributed by atoms with Crippen LogP contribution in [0, 0.1) is 6.92 Å². The molecule has 0 atom stereocenters. The van der Waals surface area contributed by atoms with Crippen LogP contribution in [0.2, 0.25) is 0 Å². The first-order valence-corrected chi connectivity index (χ1v) is 11.2. The van der Waals surface area contributed by atoms with Gasteiger partial charge in [0.1, 0.15) is 5.75 Å². The van der Waals surface area contributed by atoms with Crippen molar-refractivity contribution in [2.24, 2.45) is 0 Å². The van der Waals surface area contributed by atoms with Crippen LogP contribution in [0.5, 0.6) is 5.75 Å². The van der Waals surface area contributed by atoms with E-state index in [2.05, 4.69) is 15.3 Å². The lowest BCUT2D eigenvalue weighted by molar-refractivity contribution is -0.113. The van der Waals surface area contributed by atoms with Crippen molar-refractivity contribution in [2.75, 3.05) is 18.2 Å². The van der Waals surface area contributed by atoms with Crippen LogP contribution in [0.3, 0.4) is 0 Å². The fourth-order valence-electron chi connectivity index (χ4n) is 2.54. The summed E-state index contributed by atoms with van der Waals surface area (Å²) in [5.41, 5.74) is 0.629. The average molecular weight is 446 g/mol. The molecule has 0 saturated carbocycles. The molecule has 3 aromatic rings. The first kappa shape index (κ1) is 21.6. The molecule has 10 heteroatoms. The van der Waals surface area contributed by atoms with Gasteiger partial charge < -0.3 is 15.0 Å². The van der Waals surface area contributed by atoms with Gasteiger partial charge in [0.05, 0.1) is 29.6 Å². The van der Waals surface area contributed by atoms with E-state index in [1.165, 1.54) is 19.2 Å². The second-order valence-electron chi connectivity index (χ2n) is 6.24. The number of anilines is 1. The van der Waals surface area contributed by atoms with Crippen molar-refractivity contribution in [3.8, 4) is 5.75 Å². The number of carbonyl (C=O) groups excluding carboxylic acids is 1. The van der Waals surface area contributed by atoms with E-state index in [-0.39, 0.29) is 21.7 Å². The fourth-order valence-corrected chi connectivity index (χ4v) is 4.41. The summed E-state index contributed by atoms with van der Waals surface area (Å²) in [5.74, 6) is 0.155. The molecule has 0 saturated heterocycles. The third kappa shape index (κ3) is 4.89. The average Bonchev–Trinajstić information content (AvgIpc) is 2.73. The van der Waals surface area contributed by atoms with Crippen molar-refractivity contribution >= 4 is 33.2 Å². The molecule has 156 valence electrons. The summed E-state index contributed by atoms with van der Waals surface area (Å²) in [6.07, 6.45) is 1.01. The van der Waals surface area contributed by atoms with Crippen molar-refractivity contribution in [1.82, 2.24) is 9.97 Å². The lowest BCUT2D eigenvalue weighted by Gasteiger charge is -2.09.